The van der Waals surface area contributed by atoms with Crippen LogP contribution in [-0.4, -0.2) is 26.1 Å². The average Bonchev–Trinajstić information content (AvgIpc) is 2.76. The lowest BCUT2D eigenvalue weighted by atomic mass is 10.2. The first-order chi connectivity index (χ1) is 8.99. The Hall–Kier alpha value is -2.45. The van der Waals surface area contributed by atoms with Crippen LogP contribution in [0.15, 0.2) is 12.1 Å². The van der Waals surface area contributed by atoms with E-state index in [1.807, 2.05) is 0 Å². The van der Waals surface area contributed by atoms with Crippen molar-refractivity contribution in [2.24, 2.45) is 7.05 Å². The van der Waals surface area contributed by atoms with E-state index >= 15 is 0 Å². The molecule has 0 saturated carbocycles. The molecule has 0 aliphatic carbocycles. The zero-order chi connectivity index (χ0) is 14.0. The number of rotatable bonds is 3. The molecule has 9 heteroatoms. The van der Waals surface area contributed by atoms with Gasteiger partial charge < -0.3 is 5.32 Å². The Kier molecular flexibility index (Phi) is 3.45. The molecule has 100 valence electrons. The second kappa shape index (κ2) is 5.04. The Morgan fingerprint density at radius 1 is 1.32 bits per heavy atom. The molecule has 1 amide bonds. The molecule has 0 saturated heterocycles. The SMILES string of the molecule is Cn1nnnc1CC(=O)Nc1ccc(F)c(F)c1F. The first kappa shape index (κ1) is 13.0. The van der Waals surface area contributed by atoms with E-state index in [-0.39, 0.29) is 12.2 Å². The van der Waals surface area contributed by atoms with Crippen LogP contribution in [0.2, 0.25) is 0 Å². The number of aromatic nitrogens is 4. The van der Waals surface area contributed by atoms with E-state index in [1.54, 1.807) is 0 Å². The molecule has 0 radical (unpaired) electrons. The van der Waals surface area contributed by atoms with Gasteiger partial charge in [0, 0.05) is 7.05 Å². The van der Waals surface area contributed by atoms with Crippen molar-refractivity contribution < 1.29 is 18.0 Å². The number of aryl methyl sites for hydroxylation is 1. The molecular weight excluding hydrogens is 263 g/mol. The van der Waals surface area contributed by atoms with Crippen LogP contribution in [0.4, 0.5) is 18.9 Å². The highest BCUT2D eigenvalue weighted by molar-refractivity contribution is 5.91. The van der Waals surface area contributed by atoms with Gasteiger partial charge >= 0.3 is 0 Å². The maximum atomic E-state index is 13.3. The van der Waals surface area contributed by atoms with Gasteiger partial charge in [0.25, 0.3) is 0 Å². The Bertz CT molecular complexity index is 628. The molecule has 1 N–H and O–H groups in total. The van der Waals surface area contributed by atoms with Crippen molar-refractivity contribution in [2.75, 3.05) is 5.32 Å². The predicted octanol–water partition coefficient (Wildman–Crippen LogP) is 0.809. The van der Waals surface area contributed by atoms with E-state index < -0.39 is 29.0 Å². The second-order valence-electron chi connectivity index (χ2n) is 3.67. The van der Waals surface area contributed by atoms with Crippen LogP contribution in [0, 0.1) is 17.5 Å². The van der Waals surface area contributed by atoms with Gasteiger partial charge in [0.2, 0.25) is 5.91 Å². The van der Waals surface area contributed by atoms with Crippen molar-refractivity contribution in [3.8, 4) is 0 Å². The molecule has 0 atom stereocenters. The minimum Gasteiger partial charge on any atom is -0.323 e. The van der Waals surface area contributed by atoms with Gasteiger partial charge in [0.05, 0.1) is 12.1 Å². The molecule has 0 unspecified atom stereocenters. The molecule has 1 aromatic heterocycles. The molecule has 0 bridgehead atoms. The van der Waals surface area contributed by atoms with Crippen LogP contribution >= 0.6 is 0 Å². The first-order valence-electron chi connectivity index (χ1n) is 5.13. The van der Waals surface area contributed by atoms with Gasteiger partial charge in [0.1, 0.15) is 0 Å². The van der Waals surface area contributed by atoms with Gasteiger partial charge in [-0.05, 0) is 22.6 Å². The fourth-order valence-electron chi connectivity index (χ4n) is 1.36. The summed E-state index contributed by atoms with van der Waals surface area (Å²) in [5, 5.41) is 12.5. The minimum atomic E-state index is -1.64. The number of nitrogens with zero attached hydrogens (tertiary/aromatic N) is 4. The van der Waals surface area contributed by atoms with E-state index in [0.29, 0.717) is 0 Å². The number of hydrogen-bond acceptors (Lipinski definition) is 4. The number of tetrazole rings is 1. The molecular formula is C10H8F3N5O. The third kappa shape index (κ3) is 2.69. The van der Waals surface area contributed by atoms with E-state index in [9.17, 15) is 18.0 Å². The lowest BCUT2D eigenvalue weighted by Gasteiger charge is -2.06. The fourth-order valence-corrected chi connectivity index (χ4v) is 1.36. The summed E-state index contributed by atoms with van der Waals surface area (Å²) in [4.78, 5) is 11.6. The van der Waals surface area contributed by atoms with Crippen molar-refractivity contribution in [1.29, 1.82) is 0 Å². The molecule has 2 rings (SSSR count). The topological polar surface area (TPSA) is 72.7 Å². The number of benzene rings is 1. The monoisotopic (exact) mass is 271 g/mol. The summed E-state index contributed by atoms with van der Waals surface area (Å²) in [7, 11) is 1.53. The van der Waals surface area contributed by atoms with Crippen molar-refractivity contribution in [2.45, 2.75) is 6.42 Å². The van der Waals surface area contributed by atoms with E-state index in [2.05, 4.69) is 20.8 Å². The fraction of sp³-hybridized carbons (Fsp3) is 0.200. The quantitative estimate of drug-likeness (QED) is 0.838. The molecule has 0 aliphatic rings. The third-order valence-electron chi connectivity index (χ3n) is 2.34. The lowest BCUT2D eigenvalue weighted by molar-refractivity contribution is -0.115. The van der Waals surface area contributed by atoms with Crippen LogP contribution in [0.25, 0.3) is 0 Å². The summed E-state index contributed by atoms with van der Waals surface area (Å²) in [6, 6.07) is 1.65. The van der Waals surface area contributed by atoms with Gasteiger partial charge in [-0.25, -0.2) is 17.9 Å². The summed E-state index contributed by atoms with van der Waals surface area (Å²) in [6.45, 7) is 0. The smallest absolute Gasteiger partial charge is 0.232 e. The van der Waals surface area contributed by atoms with Crippen molar-refractivity contribution >= 4 is 11.6 Å². The van der Waals surface area contributed by atoms with Gasteiger partial charge in [-0.15, -0.1) is 5.10 Å². The minimum absolute atomic E-state index is 0.220. The van der Waals surface area contributed by atoms with Gasteiger partial charge in [0.15, 0.2) is 23.3 Å². The number of carbonyl (C=O) groups excluding carboxylic acids is 1. The molecule has 0 aliphatic heterocycles. The number of anilines is 1. The van der Waals surface area contributed by atoms with Crippen LogP contribution in [0.3, 0.4) is 0 Å². The van der Waals surface area contributed by atoms with Gasteiger partial charge in [-0.1, -0.05) is 0 Å². The molecule has 1 aromatic carbocycles. The first-order valence-corrected chi connectivity index (χ1v) is 5.13. The summed E-state index contributed by atoms with van der Waals surface area (Å²) in [5.41, 5.74) is -0.445. The maximum absolute atomic E-state index is 13.3. The van der Waals surface area contributed by atoms with Gasteiger partial charge in [-0.2, -0.15) is 0 Å². The summed E-state index contributed by atoms with van der Waals surface area (Å²) < 4.78 is 40.2. The van der Waals surface area contributed by atoms with E-state index in [4.69, 9.17) is 0 Å². The molecule has 0 fully saturated rings. The summed E-state index contributed by atoms with van der Waals surface area (Å²) in [5.74, 6) is -4.82. The Morgan fingerprint density at radius 2 is 2.05 bits per heavy atom. The Morgan fingerprint density at radius 3 is 2.68 bits per heavy atom. The van der Waals surface area contributed by atoms with E-state index in [0.717, 1.165) is 12.1 Å². The standard InChI is InChI=1S/C10H8F3N5O/c1-18-7(15-16-17-18)4-8(19)14-6-3-2-5(11)9(12)10(6)13/h2-3H,4H2,1H3,(H,14,19). The number of carbonyl (C=O) groups is 1. The zero-order valence-electron chi connectivity index (χ0n) is 9.69. The van der Waals surface area contributed by atoms with Gasteiger partial charge in [-0.3, -0.25) is 4.79 Å². The predicted molar refractivity (Wildman–Crippen MR) is 57.4 cm³/mol. The highest BCUT2D eigenvalue weighted by Gasteiger charge is 2.16. The van der Waals surface area contributed by atoms with E-state index in [1.165, 1.54) is 11.7 Å². The van der Waals surface area contributed by atoms with Crippen molar-refractivity contribution in [3.05, 3.63) is 35.4 Å². The highest BCUT2D eigenvalue weighted by Crippen LogP contribution is 2.19. The number of halogens is 3. The number of amides is 1. The van der Waals surface area contributed by atoms with Crippen LogP contribution in [0.1, 0.15) is 5.82 Å². The molecule has 19 heavy (non-hydrogen) atoms. The molecule has 1 heterocycles. The Labute approximate surface area is 105 Å². The summed E-state index contributed by atoms with van der Waals surface area (Å²) in [6.07, 6.45) is -0.220. The number of hydrogen-bond donors (Lipinski definition) is 1. The number of nitrogens with one attached hydrogen (secondary N) is 1. The second-order valence-corrected chi connectivity index (χ2v) is 3.67. The highest BCUT2D eigenvalue weighted by atomic mass is 19.2. The largest absolute Gasteiger partial charge is 0.323 e. The van der Waals surface area contributed by atoms with Crippen LogP contribution in [-0.2, 0) is 18.3 Å². The lowest BCUT2D eigenvalue weighted by Crippen LogP contribution is -2.18. The zero-order valence-corrected chi connectivity index (χ0v) is 9.69. The normalized spacial score (nSPS) is 10.5. The van der Waals surface area contributed by atoms with Crippen LogP contribution in [0.5, 0.6) is 0 Å². The van der Waals surface area contributed by atoms with Crippen molar-refractivity contribution in [1.82, 2.24) is 20.2 Å². The van der Waals surface area contributed by atoms with Crippen LogP contribution < -0.4 is 5.32 Å². The summed E-state index contributed by atoms with van der Waals surface area (Å²) >= 11 is 0. The van der Waals surface area contributed by atoms with Crippen molar-refractivity contribution in [3.63, 3.8) is 0 Å². The maximum Gasteiger partial charge on any atom is 0.232 e. The third-order valence-corrected chi connectivity index (χ3v) is 2.34. The molecule has 6 nitrogen and oxygen atoms in total. The molecule has 2 aromatic rings. The Balaban J connectivity index is 2.12. The average molecular weight is 271 g/mol. The molecule has 0 spiro atoms.